The number of thioether (sulfide) groups is 1. The highest BCUT2D eigenvalue weighted by Gasteiger charge is 2.00. The standard InChI is InChI=1S/C17H21NOS/c1-12-8-13(2)10-15(9-12)19-6-7-20-16-4-5-17(18)14(3)11-16/h4-5,8-11H,6-7,18H2,1-3H3. The van der Waals surface area contributed by atoms with Crippen LogP contribution in [0.3, 0.4) is 0 Å². The van der Waals surface area contributed by atoms with Crippen molar-refractivity contribution in [2.75, 3.05) is 18.1 Å². The molecule has 0 atom stereocenters. The first-order chi connectivity index (χ1) is 9.54. The average molecular weight is 287 g/mol. The molecule has 0 bridgehead atoms. The number of nitrogens with two attached hydrogens (primary N) is 1. The van der Waals surface area contributed by atoms with Gasteiger partial charge in [0.2, 0.25) is 0 Å². The summed E-state index contributed by atoms with van der Waals surface area (Å²) in [6, 6.07) is 12.4. The van der Waals surface area contributed by atoms with Gasteiger partial charge in [0, 0.05) is 16.3 Å². The van der Waals surface area contributed by atoms with E-state index in [4.69, 9.17) is 10.5 Å². The van der Waals surface area contributed by atoms with Gasteiger partial charge in [-0.3, -0.25) is 0 Å². The Labute approximate surface area is 125 Å². The van der Waals surface area contributed by atoms with Gasteiger partial charge in [0.05, 0.1) is 6.61 Å². The van der Waals surface area contributed by atoms with Crippen molar-refractivity contribution < 1.29 is 4.74 Å². The number of anilines is 1. The number of nitrogen functional groups attached to an aromatic ring is 1. The summed E-state index contributed by atoms with van der Waals surface area (Å²) in [5.41, 5.74) is 10.3. The van der Waals surface area contributed by atoms with Crippen LogP contribution in [0.1, 0.15) is 16.7 Å². The van der Waals surface area contributed by atoms with Crippen molar-refractivity contribution in [3.63, 3.8) is 0 Å². The van der Waals surface area contributed by atoms with Crippen LogP contribution >= 0.6 is 11.8 Å². The minimum absolute atomic E-state index is 0.705. The lowest BCUT2D eigenvalue weighted by molar-refractivity contribution is 0.343. The largest absolute Gasteiger partial charge is 0.493 e. The molecular weight excluding hydrogens is 266 g/mol. The van der Waals surface area contributed by atoms with Gasteiger partial charge in [0.15, 0.2) is 0 Å². The number of hydrogen-bond acceptors (Lipinski definition) is 3. The topological polar surface area (TPSA) is 35.2 Å². The molecule has 106 valence electrons. The summed E-state index contributed by atoms with van der Waals surface area (Å²) in [5.74, 6) is 1.88. The maximum absolute atomic E-state index is 5.81. The molecule has 0 unspecified atom stereocenters. The van der Waals surface area contributed by atoms with E-state index < -0.39 is 0 Å². The molecule has 0 saturated carbocycles. The van der Waals surface area contributed by atoms with E-state index in [9.17, 15) is 0 Å². The SMILES string of the molecule is Cc1cc(C)cc(OCCSc2ccc(N)c(C)c2)c1. The van der Waals surface area contributed by atoms with Crippen molar-refractivity contribution in [3.8, 4) is 5.75 Å². The number of aryl methyl sites for hydroxylation is 3. The van der Waals surface area contributed by atoms with E-state index >= 15 is 0 Å². The van der Waals surface area contributed by atoms with Crippen molar-refractivity contribution in [3.05, 3.63) is 53.1 Å². The summed E-state index contributed by atoms with van der Waals surface area (Å²) in [7, 11) is 0. The van der Waals surface area contributed by atoms with Crippen LogP contribution in [0.15, 0.2) is 41.3 Å². The third-order valence-electron chi connectivity index (χ3n) is 3.06. The monoisotopic (exact) mass is 287 g/mol. The van der Waals surface area contributed by atoms with Crippen molar-refractivity contribution in [2.24, 2.45) is 0 Å². The quantitative estimate of drug-likeness (QED) is 0.504. The summed E-state index contributed by atoms with van der Waals surface area (Å²) >= 11 is 1.79. The fourth-order valence-electron chi connectivity index (χ4n) is 2.07. The van der Waals surface area contributed by atoms with Gasteiger partial charge in [-0.25, -0.2) is 0 Å². The Balaban J connectivity index is 1.82. The molecule has 0 radical (unpaired) electrons. The zero-order valence-corrected chi connectivity index (χ0v) is 13.1. The van der Waals surface area contributed by atoms with E-state index in [1.807, 2.05) is 13.0 Å². The maximum atomic E-state index is 5.81. The number of hydrogen-bond donors (Lipinski definition) is 1. The van der Waals surface area contributed by atoms with Crippen LogP contribution in [0.4, 0.5) is 5.69 Å². The first-order valence-electron chi connectivity index (χ1n) is 6.74. The van der Waals surface area contributed by atoms with Crippen LogP contribution < -0.4 is 10.5 Å². The van der Waals surface area contributed by atoms with Crippen LogP contribution in [0.5, 0.6) is 5.75 Å². The molecule has 0 aliphatic heterocycles. The Hall–Kier alpha value is -1.61. The molecule has 20 heavy (non-hydrogen) atoms. The molecule has 0 amide bonds. The number of benzene rings is 2. The van der Waals surface area contributed by atoms with Crippen LogP contribution in [0.25, 0.3) is 0 Å². The zero-order valence-electron chi connectivity index (χ0n) is 12.3. The van der Waals surface area contributed by atoms with Crippen LogP contribution in [0.2, 0.25) is 0 Å². The fourth-order valence-corrected chi connectivity index (χ4v) is 2.90. The summed E-state index contributed by atoms with van der Waals surface area (Å²) in [4.78, 5) is 1.24. The molecule has 0 aliphatic rings. The van der Waals surface area contributed by atoms with Crippen LogP contribution in [0, 0.1) is 20.8 Å². The fraction of sp³-hybridized carbons (Fsp3) is 0.294. The lowest BCUT2D eigenvalue weighted by Crippen LogP contribution is -2.00. The molecule has 0 aromatic heterocycles. The van der Waals surface area contributed by atoms with Gasteiger partial charge >= 0.3 is 0 Å². The Morgan fingerprint density at radius 1 is 1.00 bits per heavy atom. The Morgan fingerprint density at radius 3 is 2.35 bits per heavy atom. The van der Waals surface area contributed by atoms with E-state index in [0.29, 0.717) is 6.61 Å². The second-order valence-electron chi connectivity index (χ2n) is 5.04. The summed E-state index contributed by atoms with van der Waals surface area (Å²) in [6.07, 6.45) is 0. The molecule has 0 spiro atoms. The molecule has 3 heteroatoms. The lowest BCUT2D eigenvalue weighted by atomic mass is 10.1. The molecule has 2 nitrogen and oxygen atoms in total. The van der Waals surface area contributed by atoms with Gasteiger partial charge in [-0.2, -0.15) is 0 Å². The average Bonchev–Trinajstić information content (AvgIpc) is 2.38. The minimum atomic E-state index is 0.705. The van der Waals surface area contributed by atoms with Gasteiger partial charge in [0.25, 0.3) is 0 Å². The Morgan fingerprint density at radius 2 is 1.70 bits per heavy atom. The van der Waals surface area contributed by atoms with Crippen molar-refractivity contribution in [1.82, 2.24) is 0 Å². The number of rotatable bonds is 5. The number of ether oxygens (including phenoxy) is 1. The van der Waals surface area contributed by atoms with Gasteiger partial charge in [0.1, 0.15) is 5.75 Å². The van der Waals surface area contributed by atoms with E-state index in [1.54, 1.807) is 11.8 Å². The predicted octanol–water partition coefficient (Wildman–Crippen LogP) is 4.37. The lowest BCUT2D eigenvalue weighted by Gasteiger charge is -2.09. The van der Waals surface area contributed by atoms with E-state index in [2.05, 4.69) is 44.2 Å². The molecule has 2 rings (SSSR count). The summed E-state index contributed by atoms with van der Waals surface area (Å²) in [5, 5.41) is 0. The van der Waals surface area contributed by atoms with Gasteiger partial charge in [-0.1, -0.05) is 6.07 Å². The van der Waals surface area contributed by atoms with E-state index in [1.165, 1.54) is 16.0 Å². The summed E-state index contributed by atoms with van der Waals surface area (Å²) < 4.78 is 5.80. The molecule has 2 aromatic rings. The highest BCUT2D eigenvalue weighted by atomic mass is 32.2. The Kier molecular flexibility index (Phi) is 4.96. The van der Waals surface area contributed by atoms with Crippen molar-refractivity contribution in [2.45, 2.75) is 25.7 Å². The molecule has 0 aliphatic carbocycles. The molecular formula is C17H21NOS. The predicted molar refractivity (Wildman–Crippen MR) is 87.7 cm³/mol. The molecule has 0 fully saturated rings. The van der Waals surface area contributed by atoms with E-state index in [-0.39, 0.29) is 0 Å². The summed E-state index contributed by atoms with van der Waals surface area (Å²) in [6.45, 7) is 6.92. The normalized spacial score (nSPS) is 10.6. The zero-order chi connectivity index (χ0) is 14.5. The molecule has 2 aromatic carbocycles. The van der Waals surface area contributed by atoms with E-state index in [0.717, 1.165) is 22.8 Å². The molecule has 0 heterocycles. The first-order valence-corrected chi connectivity index (χ1v) is 7.73. The van der Waals surface area contributed by atoms with Crippen LogP contribution in [-0.2, 0) is 0 Å². The van der Waals surface area contributed by atoms with Gasteiger partial charge in [-0.05, 0) is 67.8 Å². The third kappa shape index (κ3) is 4.20. The molecule has 0 saturated heterocycles. The second-order valence-corrected chi connectivity index (χ2v) is 6.21. The first kappa shape index (κ1) is 14.8. The minimum Gasteiger partial charge on any atom is -0.493 e. The van der Waals surface area contributed by atoms with Crippen LogP contribution in [-0.4, -0.2) is 12.4 Å². The second kappa shape index (κ2) is 6.71. The molecule has 2 N–H and O–H groups in total. The Bertz CT molecular complexity index is 575. The van der Waals surface area contributed by atoms with Crippen molar-refractivity contribution in [1.29, 1.82) is 0 Å². The smallest absolute Gasteiger partial charge is 0.119 e. The van der Waals surface area contributed by atoms with Gasteiger partial charge < -0.3 is 10.5 Å². The highest BCUT2D eigenvalue weighted by molar-refractivity contribution is 7.99. The van der Waals surface area contributed by atoms with Crippen molar-refractivity contribution >= 4 is 17.4 Å². The van der Waals surface area contributed by atoms with Gasteiger partial charge in [-0.15, -0.1) is 11.8 Å². The highest BCUT2D eigenvalue weighted by Crippen LogP contribution is 2.23. The maximum Gasteiger partial charge on any atom is 0.119 e. The third-order valence-corrected chi connectivity index (χ3v) is 4.02.